The lowest BCUT2D eigenvalue weighted by molar-refractivity contribution is -0.140. The van der Waals surface area contributed by atoms with E-state index in [1.807, 2.05) is 11.8 Å². The summed E-state index contributed by atoms with van der Waals surface area (Å²) in [6.07, 6.45) is 0. The number of hydrogen-bond acceptors (Lipinski definition) is 4. The minimum absolute atomic E-state index is 0.355. The molecule has 0 heterocycles. The summed E-state index contributed by atoms with van der Waals surface area (Å²) in [6, 6.07) is 7.28. The summed E-state index contributed by atoms with van der Waals surface area (Å²) in [6.45, 7) is 4.56. The van der Waals surface area contributed by atoms with Crippen molar-refractivity contribution in [1.82, 2.24) is 0 Å². The minimum Gasteiger partial charge on any atom is -0.497 e. The molecule has 0 aliphatic carbocycles. The molecule has 1 rings (SSSR count). The predicted octanol–water partition coefficient (Wildman–Crippen LogP) is 2.11. The number of aliphatic carboxylic acids is 1. The molecule has 0 aliphatic heterocycles. The molecule has 0 saturated carbocycles. The van der Waals surface area contributed by atoms with Crippen molar-refractivity contribution in [2.24, 2.45) is 5.92 Å². The average Bonchev–Trinajstić information content (AvgIpc) is 2.43. The van der Waals surface area contributed by atoms with Crippen LogP contribution in [-0.4, -0.2) is 31.3 Å². The number of carbonyl (C=O) groups is 1. The van der Waals surface area contributed by atoms with Gasteiger partial charge in [0, 0.05) is 19.2 Å². The summed E-state index contributed by atoms with van der Waals surface area (Å²) in [4.78, 5) is 12.8. The minimum atomic E-state index is -0.847. The van der Waals surface area contributed by atoms with Gasteiger partial charge in [0.2, 0.25) is 0 Å². The van der Waals surface area contributed by atoms with Crippen LogP contribution in [0, 0.1) is 17.2 Å². The van der Waals surface area contributed by atoms with E-state index in [9.17, 15) is 4.79 Å². The van der Waals surface area contributed by atoms with Crippen LogP contribution in [0.15, 0.2) is 18.2 Å². The number of hydrogen-bond donors (Lipinski definition) is 1. The van der Waals surface area contributed by atoms with E-state index in [0.717, 1.165) is 0 Å². The lowest BCUT2D eigenvalue weighted by Crippen LogP contribution is -2.32. The van der Waals surface area contributed by atoms with Crippen molar-refractivity contribution in [3.63, 3.8) is 0 Å². The molecule has 5 nitrogen and oxygen atoms in total. The molecule has 1 aromatic rings. The van der Waals surface area contributed by atoms with E-state index in [2.05, 4.69) is 6.07 Å². The first-order valence-electron chi connectivity index (χ1n) is 6.09. The molecule has 1 N–H and O–H groups in total. The van der Waals surface area contributed by atoms with Gasteiger partial charge in [-0.2, -0.15) is 5.26 Å². The second-order valence-electron chi connectivity index (χ2n) is 4.27. The van der Waals surface area contributed by atoms with Gasteiger partial charge < -0.3 is 14.7 Å². The van der Waals surface area contributed by atoms with Crippen LogP contribution >= 0.6 is 0 Å². The predicted molar refractivity (Wildman–Crippen MR) is 72.4 cm³/mol. The number of ether oxygens (including phenoxy) is 1. The summed E-state index contributed by atoms with van der Waals surface area (Å²) in [7, 11) is 1.56. The molecule has 0 aromatic heterocycles. The summed E-state index contributed by atoms with van der Waals surface area (Å²) in [5.74, 6) is -0.701. The molecule has 1 aromatic carbocycles. The molecule has 1 unspecified atom stereocenters. The van der Waals surface area contributed by atoms with Crippen molar-refractivity contribution in [2.45, 2.75) is 13.8 Å². The van der Waals surface area contributed by atoms with Gasteiger partial charge >= 0.3 is 5.97 Å². The van der Waals surface area contributed by atoms with E-state index < -0.39 is 11.9 Å². The number of methoxy groups -OCH3 is 1. The standard InChI is InChI=1S/C14H18N2O3/c1-4-16(9-10(2)14(17)18)13-7-12(19-3)6-5-11(13)8-15/h5-7,10H,4,9H2,1-3H3,(H,17,18). The molecule has 1 atom stereocenters. The Morgan fingerprint density at radius 2 is 2.26 bits per heavy atom. The van der Waals surface area contributed by atoms with Crippen molar-refractivity contribution < 1.29 is 14.6 Å². The summed E-state index contributed by atoms with van der Waals surface area (Å²) >= 11 is 0. The molecule has 0 bridgehead atoms. The topological polar surface area (TPSA) is 73.6 Å². The molecule has 0 fully saturated rings. The Balaban J connectivity index is 3.09. The third-order valence-corrected chi connectivity index (χ3v) is 2.96. The van der Waals surface area contributed by atoms with Gasteiger partial charge in [0.25, 0.3) is 0 Å². The highest BCUT2D eigenvalue weighted by molar-refractivity contribution is 5.71. The van der Waals surface area contributed by atoms with Crippen LogP contribution in [0.25, 0.3) is 0 Å². The van der Waals surface area contributed by atoms with Gasteiger partial charge in [-0.25, -0.2) is 0 Å². The number of nitrogens with zero attached hydrogens (tertiary/aromatic N) is 2. The van der Waals surface area contributed by atoms with E-state index in [0.29, 0.717) is 30.1 Å². The molecule has 5 heteroatoms. The average molecular weight is 262 g/mol. The number of carboxylic acid groups (broad SMARTS) is 1. The third kappa shape index (κ3) is 3.62. The molecule has 0 spiro atoms. The maximum atomic E-state index is 10.9. The van der Waals surface area contributed by atoms with Crippen LogP contribution in [0.5, 0.6) is 5.75 Å². The Kier molecular flexibility index (Phi) is 5.19. The lowest BCUT2D eigenvalue weighted by Gasteiger charge is -2.26. The normalized spacial score (nSPS) is 11.5. The Morgan fingerprint density at radius 3 is 2.74 bits per heavy atom. The molecular formula is C14H18N2O3. The summed E-state index contributed by atoms with van der Waals surface area (Å²) < 4.78 is 5.15. The van der Waals surface area contributed by atoms with Crippen molar-refractivity contribution in [2.75, 3.05) is 25.1 Å². The first-order valence-corrected chi connectivity index (χ1v) is 6.09. The second-order valence-corrected chi connectivity index (χ2v) is 4.27. The van der Waals surface area contributed by atoms with Gasteiger partial charge in [-0.1, -0.05) is 6.92 Å². The molecule has 0 aliphatic rings. The van der Waals surface area contributed by atoms with E-state index in [-0.39, 0.29) is 0 Å². The summed E-state index contributed by atoms with van der Waals surface area (Å²) in [5, 5.41) is 18.1. The Morgan fingerprint density at radius 1 is 1.58 bits per heavy atom. The molecule has 0 amide bonds. The Hall–Kier alpha value is -2.22. The van der Waals surface area contributed by atoms with E-state index in [4.69, 9.17) is 15.1 Å². The zero-order valence-corrected chi connectivity index (χ0v) is 11.4. The zero-order chi connectivity index (χ0) is 14.4. The smallest absolute Gasteiger partial charge is 0.308 e. The van der Waals surface area contributed by atoms with Gasteiger partial charge in [0.05, 0.1) is 24.3 Å². The fourth-order valence-corrected chi connectivity index (χ4v) is 1.80. The Bertz CT molecular complexity index is 494. The second kappa shape index (κ2) is 6.64. The van der Waals surface area contributed by atoms with Gasteiger partial charge in [-0.05, 0) is 19.1 Å². The van der Waals surface area contributed by atoms with Crippen molar-refractivity contribution >= 4 is 11.7 Å². The van der Waals surface area contributed by atoms with Crippen molar-refractivity contribution in [3.05, 3.63) is 23.8 Å². The van der Waals surface area contributed by atoms with Gasteiger partial charge in [0.1, 0.15) is 11.8 Å². The monoisotopic (exact) mass is 262 g/mol. The lowest BCUT2D eigenvalue weighted by atomic mass is 10.1. The summed E-state index contributed by atoms with van der Waals surface area (Å²) in [5.41, 5.74) is 1.22. The fourth-order valence-electron chi connectivity index (χ4n) is 1.80. The van der Waals surface area contributed by atoms with Crippen LogP contribution < -0.4 is 9.64 Å². The first-order chi connectivity index (χ1) is 9.03. The fraction of sp³-hybridized carbons (Fsp3) is 0.429. The molecule has 19 heavy (non-hydrogen) atoms. The molecule has 102 valence electrons. The highest BCUT2D eigenvalue weighted by Gasteiger charge is 2.18. The Labute approximate surface area is 113 Å². The maximum absolute atomic E-state index is 10.9. The number of nitriles is 1. The van der Waals surface area contributed by atoms with Gasteiger partial charge in [0.15, 0.2) is 0 Å². The SMILES string of the molecule is CCN(CC(C)C(=O)O)c1cc(OC)ccc1C#N. The van der Waals surface area contributed by atoms with Crippen molar-refractivity contribution in [3.8, 4) is 11.8 Å². The number of anilines is 1. The molecule has 0 radical (unpaired) electrons. The quantitative estimate of drug-likeness (QED) is 0.850. The van der Waals surface area contributed by atoms with Crippen LogP contribution in [0.3, 0.4) is 0 Å². The van der Waals surface area contributed by atoms with Crippen molar-refractivity contribution in [1.29, 1.82) is 5.26 Å². The number of rotatable bonds is 6. The van der Waals surface area contributed by atoms with Gasteiger partial charge in [-0.15, -0.1) is 0 Å². The zero-order valence-electron chi connectivity index (χ0n) is 11.4. The first kappa shape index (κ1) is 14.8. The van der Waals surface area contributed by atoms with Crippen LogP contribution in [0.1, 0.15) is 19.4 Å². The number of benzene rings is 1. The van der Waals surface area contributed by atoms with Gasteiger partial charge in [-0.3, -0.25) is 4.79 Å². The third-order valence-electron chi connectivity index (χ3n) is 2.96. The van der Waals surface area contributed by atoms with Crippen LogP contribution in [0.4, 0.5) is 5.69 Å². The molecular weight excluding hydrogens is 244 g/mol. The van der Waals surface area contributed by atoms with E-state index >= 15 is 0 Å². The number of carboxylic acids is 1. The van der Waals surface area contributed by atoms with Crippen LogP contribution in [0.2, 0.25) is 0 Å². The maximum Gasteiger partial charge on any atom is 0.308 e. The van der Waals surface area contributed by atoms with E-state index in [1.54, 1.807) is 32.2 Å². The largest absolute Gasteiger partial charge is 0.497 e. The molecule has 0 saturated heterocycles. The highest BCUT2D eigenvalue weighted by Crippen LogP contribution is 2.26. The van der Waals surface area contributed by atoms with E-state index in [1.165, 1.54) is 0 Å². The highest BCUT2D eigenvalue weighted by atomic mass is 16.5. The van der Waals surface area contributed by atoms with Crippen LogP contribution in [-0.2, 0) is 4.79 Å².